The molecule has 164 valence electrons. The number of hydrogen-bond acceptors (Lipinski definition) is 4. The van der Waals surface area contributed by atoms with E-state index in [1.54, 1.807) is 4.90 Å². The van der Waals surface area contributed by atoms with Crippen LogP contribution in [0.3, 0.4) is 0 Å². The minimum absolute atomic E-state index is 0.0989. The lowest BCUT2D eigenvalue weighted by Crippen LogP contribution is -2.38. The number of Topliss-reactive ketones (excluding diaryl/α,β-unsaturated/α-hetero) is 1. The van der Waals surface area contributed by atoms with E-state index in [9.17, 15) is 14.7 Å². The summed E-state index contributed by atoms with van der Waals surface area (Å²) in [5, 5.41) is 11.3. The second kappa shape index (κ2) is 9.48. The van der Waals surface area contributed by atoms with Gasteiger partial charge in [-0.25, -0.2) is 0 Å². The maximum absolute atomic E-state index is 13.2. The second-order valence-corrected chi connectivity index (χ2v) is 8.19. The smallest absolute Gasteiger partial charge is 0.295 e. The predicted molar refractivity (Wildman–Crippen MR) is 124 cm³/mol. The van der Waals surface area contributed by atoms with Gasteiger partial charge in [0.15, 0.2) is 0 Å². The van der Waals surface area contributed by atoms with Gasteiger partial charge in [-0.3, -0.25) is 9.59 Å². The third kappa shape index (κ3) is 4.42. The van der Waals surface area contributed by atoms with Gasteiger partial charge in [-0.15, -0.1) is 0 Å². The number of hydrogen-bond donors (Lipinski definition) is 1. The van der Waals surface area contributed by atoms with Gasteiger partial charge < -0.3 is 14.9 Å². The number of amides is 1. The van der Waals surface area contributed by atoms with Crippen molar-refractivity contribution in [3.05, 3.63) is 75.9 Å². The Morgan fingerprint density at radius 2 is 1.68 bits per heavy atom. The topological polar surface area (TPSA) is 60.9 Å². The number of carbonyl (C=O) groups is 2. The number of rotatable bonds is 7. The minimum atomic E-state index is -0.619. The van der Waals surface area contributed by atoms with Crippen molar-refractivity contribution in [2.75, 3.05) is 26.2 Å². The summed E-state index contributed by atoms with van der Waals surface area (Å²) in [6, 6.07) is 12.9. The summed E-state index contributed by atoms with van der Waals surface area (Å²) < 4.78 is 0. The van der Waals surface area contributed by atoms with Gasteiger partial charge in [0.1, 0.15) is 5.76 Å². The van der Waals surface area contributed by atoms with Gasteiger partial charge in [0, 0.05) is 18.7 Å². The van der Waals surface area contributed by atoms with E-state index < -0.39 is 17.7 Å². The Kier molecular flexibility index (Phi) is 6.96. The van der Waals surface area contributed by atoms with Crippen LogP contribution in [0.2, 0.25) is 0 Å². The van der Waals surface area contributed by atoms with Crippen LogP contribution < -0.4 is 0 Å². The van der Waals surface area contributed by atoms with Gasteiger partial charge in [-0.2, -0.15) is 0 Å². The average Bonchev–Trinajstić information content (AvgIpc) is 3.00. The number of likely N-dealkylation sites (tertiary alicyclic amines) is 1. The molecule has 0 saturated carbocycles. The number of aliphatic hydroxyl groups is 1. The number of aliphatic hydroxyl groups excluding tert-OH is 1. The fourth-order valence-electron chi connectivity index (χ4n) is 4.25. The normalized spacial score (nSPS) is 18.3. The molecule has 5 heteroatoms. The molecular formula is C26H32N2O3. The van der Waals surface area contributed by atoms with E-state index in [0.29, 0.717) is 18.7 Å². The zero-order valence-electron chi connectivity index (χ0n) is 19.1. The van der Waals surface area contributed by atoms with Crippen LogP contribution in [-0.4, -0.2) is 52.8 Å². The summed E-state index contributed by atoms with van der Waals surface area (Å²) in [6.07, 6.45) is 0. The molecule has 1 saturated heterocycles. The third-order valence-electron chi connectivity index (χ3n) is 6.22. The summed E-state index contributed by atoms with van der Waals surface area (Å²) in [5.74, 6) is -1.27. The Bertz CT molecular complexity index is 1020. The van der Waals surface area contributed by atoms with Crippen LogP contribution in [0, 0.1) is 20.8 Å². The lowest BCUT2D eigenvalue weighted by molar-refractivity contribution is -0.140. The number of likely N-dealkylation sites (N-methyl/N-ethyl adjacent to an activating group) is 1. The summed E-state index contributed by atoms with van der Waals surface area (Å²) in [4.78, 5) is 30.1. The van der Waals surface area contributed by atoms with Gasteiger partial charge in [0.05, 0.1) is 11.6 Å². The molecule has 1 aliphatic rings. The number of aryl methyl sites for hydroxylation is 3. The summed E-state index contributed by atoms with van der Waals surface area (Å²) >= 11 is 0. The Hall–Kier alpha value is -2.92. The zero-order chi connectivity index (χ0) is 22.7. The molecule has 1 fully saturated rings. The first-order chi connectivity index (χ1) is 14.8. The van der Waals surface area contributed by atoms with E-state index in [4.69, 9.17) is 0 Å². The van der Waals surface area contributed by atoms with Crippen LogP contribution in [0.1, 0.15) is 47.7 Å². The molecule has 2 aromatic rings. The van der Waals surface area contributed by atoms with E-state index in [1.807, 2.05) is 63.2 Å². The van der Waals surface area contributed by atoms with Crippen LogP contribution >= 0.6 is 0 Å². The molecule has 1 amide bonds. The summed E-state index contributed by atoms with van der Waals surface area (Å²) in [7, 11) is 0. The van der Waals surface area contributed by atoms with E-state index in [1.165, 1.54) is 0 Å². The third-order valence-corrected chi connectivity index (χ3v) is 6.22. The standard InChI is InChI=1S/C26H32N2O3/c1-6-27(7-2)14-15-28-23(20-11-9-8-10-18(20)4)22(25(30)26(28)31)24(29)21-16-17(3)12-13-19(21)5/h8-13,16,23,29H,6-7,14-15H2,1-5H3/b24-22+. The molecule has 3 rings (SSSR count). The van der Waals surface area contributed by atoms with Crippen LogP contribution in [0.5, 0.6) is 0 Å². The van der Waals surface area contributed by atoms with Crippen molar-refractivity contribution < 1.29 is 14.7 Å². The lowest BCUT2D eigenvalue weighted by Gasteiger charge is -2.29. The lowest BCUT2D eigenvalue weighted by atomic mass is 9.91. The van der Waals surface area contributed by atoms with Crippen LogP contribution in [0.4, 0.5) is 0 Å². The van der Waals surface area contributed by atoms with Crippen molar-refractivity contribution in [3.8, 4) is 0 Å². The minimum Gasteiger partial charge on any atom is -0.507 e. The Balaban J connectivity index is 2.17. The fraction of sp³-hybridized carbons (Fsp3) is 0.385. The highest BCUT2D eigenvalue weighted by molar-refractivity contribution is 6.46. The van der Waals surface area contributed by atoms with Gasteiger partial charge in [0.25, 0.3) is 11.7 Å². The zero-order valence-corrected chi connectivity index (χ0v) is 19.1. The van der Waals surface area contributed by atoms with E-state index in [-0.39, 0.29) is 11.3 Å². The quantitative estimate of drug-likeness (QED) is 0.410. The van der Waals surface area contributed by atoms with Crippen molar-refractivity contribution in [2.24, 2.45) is 0 Å². The molecule has 31 heavy (non-hydrogen) atoms. The molecule has 1 unspecified atom stereocenters. The van der Waals surface area contributed by atoms with Crippen LogP contribution in [0.15, 0.2) is 48.0 Å². The molecular weight excluding hydrogens is 388 g/mol. The van der Waals surface area contributed by atoms with Crippen molar-refractivity contribution in [2.45, 2.75) is 40.7 Å². The summed E-state index contributed by atoms with van der Waals surface area (Å²) in [5.41, 5.74) is 4.46. The van der Waals surface area contributed by atoms with Crippen LogP contribution in [-0.2, 0) is 9.59 Å². The number of benzene rings is 2. The van der Waals surface area contributed by atoms with E-state index >= 15 is 0 Å². The molecule has 0 spiro atoms. The largest absolute Gasteiger partial charge is 0.507 e. The maximum Gasteiger partial charge on any atom is 0.295 e. The Labute approximate surface area is 185 Å². The van der Waals surface area contributed by atoms with Crippen molar-refractivity contribution >= 4 is 17.4 Å². The van der Waals surface area contributed by atoms with Gasteiger partial charge >= 0.3 is 0 Å². The number of ketones is 1. The Morgan fingerprint density at radius 1 is 1.00 bits per heavy atom. The molecule has 0 aromatic heterocycles. The monoisotopic (exact) mass is 420 g/mol. The summed E-state index contributed by atoms with van der Waals surface area (Å²) in [6.45, 7) is 12.8. The highest BCUT2D eigenvalue weighted by atomic mass is 16.3. The van der Waals surface area contributed by atoms with E-state index in [2.05, 4.69) is 18.7 Å². The number of carbonyl (C=O) groups excluding carboxylic acids is 2. The molecule has 1 atom stereocenters. The SMILES string of the molecule is CCN(CC)CCN1C(=O)C(=O)/C(=C(/O)c2cc(C)ccc2C)C1c1ccccc1C. The first kappa shape index (κ1) is 22.8. The molecule has 2 aromatic carbocycles. The average molecular weight is 421 g/mol. The molecule has 5 nitrogen and oxygen atoms in total. The van der Waals surface area contributed by atoms with E-state index in [0.717, 1.165) is 35.3 Å². The van der Waals surface area contributed by atoms with Crippen LogP contribution in [0.25, 0.3) is 5.76 Å². The molecule has 1 aliphatic heterocycles. The van der Waals surface area contributed by atoms with Gasteiger partial charge in [-0.05, 0) is 56.6 Å². The van der Waals surface area contributed by atoms with Gasteiger partial charge in [0.2, 0.25) is 0 Å². The van der Waals surface area contributed by atoms with Crippen molar-refractivity contribution in [1.29, 1.82) is 0 Å². The van der Waals surface area contributed by atoms with Crippen molar-refractivity contribution in [3.63, 3.8) is 0 Å². The maximum atomic E-state index is 13.2. The molecule has 1 heterocycles. The van der Waals surface area contributed by atoms with Crippen molar-refractivity contribution in [1.82, 2.24) is 9.80 Å². The first-order valence-corrected chi connectivity index (χ1v) is 10.9. The highest BCUT2D eigenvalue weighted by Gasteiger charge is 2.46. The fourth-order valence-corrected chi connectivity index (χ4v) is 4.25. The molecule has 0 aliphatic carbocycles. The molecule has 0 bridgehead atoms. The second-order valence-electron chi connectivity index (χ2n) is 8.19. The van der Waals surface area contributed by atoms with Gasteiger partial charge in [-0.1, -0.05) is 55.8 Å². The molecule has 1 N–H and O–H groups in total. The first-order valence-electron chi connectivity index (χ1n) is 10.9. The molecule has 0 radical (unpaired) electrons. The predicted octanol–water partition coefficient (Wildman–Crippen LogP) is 4.38. The number of nitrogens with zero attached hydrogens (tertiary/aromatic N) is 2. The Morgan fingerprint density at radius 3 is 2.32 bits per heavy atom. The highest BCUT2D eigenvalue weighted by Crippen LogP contribution is 2.40.